The van der Waals surface area contributed by atoms with Crippen LogP contribution >= 0.6 is 27.3 Å². The van der Waals surface area contributed by atoms with Crippen molar-refractivity contribution in [1.82, 2.24) is 10.6 Å². The Morgan fingerprint density at radius 2 is 2.47 bits per heavy atom. The van der Waals surface area contributed by atoms with Gasteiger partial charge in [-0.1, -0.05) is 0 Å². The molecule has 0 unspecified atom stereocenters. The molecule has 94 valence electrons. The van der Waals surface area contributed by atoms with E-state index in [-0.39, 0.29) is 18.1 Å². The Labute approximate surface area is 113 Å². The number of carbonyl (C=O) groups is 1. The van der Waals surface area contributed by atoms with Crippen molar-refractivity contribution < 1.29 is 9.53 Å². The predicted octanol–water partition coefficient (Wildman–Crippen LogP) is 1.51. The largest absolute Gasteiger partial charge is 0.363 e. The third kappa shape index (κ3) is 3.77. The number of ether oxygens (including phenoxy) is 1. The minimum absolute atomic E-state index is 0.0670. The normalized spacial score (nSPS) is 17.5. The molecule has 1 saturated heterocycles. The molecule has 0 radical (unpaired) electrons. The Bertz CT molecular complexity index is 404. The fraction of sp³-hybridized carbons (Fsp3) is 0.545. The van der Waals surface area contributed by atoms with Crippen LogP contribution < -0.4 is 10.6 Å². The average Bonchev–Trinajstić information content (AvgIpc) is 2.67. The van der Waals surface area contributed by atoms with Crippen molar-refractivity contribution >= 4 is 33.2 Å². The van der Waals surface area contributed by atoms with Crippen molar-refractivity contribution in [2.45, 2.75) is 19.1 Å². The molecular formula is C11H15BrN2O2S. The summed E-state index contributed by atoms with van der Waals surface area (Å²) in [6, 6.07) is 2.00. The van der Waals surface area contributed by atoms with Gasteiger partial charge in [0.25, 0.3) is 0 Å². The number of carbonyl (C=O) groups excluding carboxylic acids is 1. The number of nitrogens with one attached hydrogen (secondary N) is 2. The van der Waals surface area contributed by atoms with Crippen LogP contribution in [0.4, 0.5) is 0 Å². The average molecular weight is 319 g/mol. The maximum atomic E-state index is 11.5. The van der Waals surface area contributed by atoms with E-state index in [1.807, 2.05) is 18.4 Å². The molecule has 6 heteroatoms. The smallest absolute Gasteiger partial charge is 0.246 e. The molecule has 2 rings (SSSR count). The van der Waals surface area contributed by atoms with Crippen LogP contribution in [-0.2, 0) is 16.1 Å². The van der Waals surface area contributed by atoms with E-state index in [1.54, 1.807) is 11.3 Å². The summed E-state index contributed by atoms with van der Waals surface area (Å²) >= 11 is 5.00. The molecule has 2 heterocycles. The van der Waals surface area contributed by atoms with Gasteiger partial charge < -0.3 is 15.4 Å². The van der Waals surface area contributed by atoms with E-state index in [1.165, 1.54) is 0 Å². The van der Waals surface area contributed by atoms with Gasteiger partial charge in [0.05, 0.1) is 12.1 Å². The zero-order valence-electron chi connectivity index (χ0n) is 9.59. The van der Waals surface area contributed by atoms with E-state index in [9.17, 15) is 4.79 Å². The highest BCUT2D eigenvalue weighted by molar-refractivity contribution is 9.10. The number of hydrogen-bond acceptors (Lipinski definition) is 4. The van der Waals surface area contributed by atoms with Crippen LogP contribution in [0.25, 0.3) is 0 Å². The molecule has 1 amide bonds. The lowest BCUT2D eigenvalue weighted by Crippen LogP contribution is -2.59. The monoisotopic (exact) mass is 318 g/mol. The minimum atomic E-state index is -0.163. The lowest BCUT2D eigenvalue weighted by atomic mass is 10.0. The van der Waals surface area contributed by atoms with Gasteiger partial charge in [-0.2, -0.15) is 0 Å². The second kappa shape index (κ2) is 5.48. The zero-order valence-corrected chi connectivity index (χ0v) is 12.0. The van der Waals surface area contributed by atoms with Crippen molar-refractivity contribution in [3.8, 4) is 0 Å². The van der Waals surface area contributed by atoms with Gasteiger partial charge in [0.15, 0.2) is 0 Å². The Morgan fingerprint density at radius 1 is 1.71 bits per heavy atom. The lowest BCUT2D eigenvalue weighted by Gasteiger charge is -2.38. The summed E-state index contributed by atoms with van der Waals surface area (Å²) in [5, 5.41) is 7.96. The van der Waals surface area contributed by atoms with Crippen LogP contribution in [0.15, 0.2) is 15.9 Å². The number of halogens is 1. The fourth-order valence-corrected chi connectivity index (χ4v) is 2.89. The summed E-state index contributed by atoms with van der Waals surface area (Å²) in [6.07, 6.45) is 0. The maximum Gasteiger partial charge on any atom is 0.246 e. The number of rotatable bonds is 5. The Balaban J connectivity index is 1.67. The first kappa shape index (κ1) is 13.0. The second-order valence-corrected chi connectivity index (χ2v) is 6.26. The van der Waals surface area contributed by atoms with Gasteiger partial charge in [-0.05, 0) is 28.9 Å². The van der Waals surface area contributed by atoms with Gasteiger partial charge in [-0.3, -0.25) is 4.79 Å². The zero-order chi connectivity index (χ0) is 12.3. The summed E-state index contributed by atoms with van der Waals surface area (Å²) in [6.45, 7) is 4.33. The summed E-state index contributed by atoms with van der Waals surface area (Å²) in [5.74, 6) is -0.0670. The first-order chi connectivity index (χ1) is 8.07. The van der Waals surface area contributed by atoms with Gasteiger partial charge in [0, 0.05) is 27.8 Å². The summed E-state index contributed by atoms with van der Waals surface area (Å²) in [5.41, 5.74) is -0.163. The van der Waals surface area contributed by atoms with Crippen molar-refractivity contribution in [1.29, 1.82) is 0 Å². The number of amides is 1. The summed E-state index contributed by atoms with van der Waals surface area (Å²) in [4.78, 5) is 12.7. The first-order valence-electron chi connectivity index (χ1n) is 5.42. The van der Waals surface area contributed by atoms with E-state index in [4.69, 9.17) is 4.74 Å². The predicted molar refractivity (Wildman–Crippen MR) is 71.1 cm³/mol. The van der Waals surface area contributed by atoms with E-state index in [2.05, 4.69) is 26.6 Å². The van der Waals surface area contributed by atoms with E-state index in [0.717, 1.165) is 22.4 Å². The molecule has 1 aromatic rings. The molecule has 0 aliphatic carbocycles. The highest BCUT2D eigenvalue weighted by Gasteiger charge is 2.32. The molecule has 0 bridgehead atoms. The molecule has 4 nitrogen and oxygen atoms in total. The molecule has 2 N–H and O–H groups in total. The van der Waals surface area contributed by atoms with Gasteiger partial charge in [-0.15, -0.1) is 11.3 Å². The molecule has 1 aliphatic heterocycles. The van der Waals surface area contributed by atoms with Gasteiger partial charge in [0.1, 0.15) is 6.61 Å². The highest BCUT2D eigenvalue weighted by atomic mass is 79.9. The van der Waals surface area contributed by atoms with E-state index in [0.29, 0.717) is 6.54 Å². The van der Waals surface area contributed by atoms with Crippen molar-refractivity contribution in [2.24, 2.45) is 0 Å². The minimum Gasteiger partial charge on any atom is -0.363 e. The fourth-order valence-electron chi connectivity index (χ4n) is 1.50. The maximum absolute atomic E-state index is 11.5. The quantitative estimate of drug-likeness (QED) is 0.865. The molecular weight excluding hydrogens is 304 g/mol. The van der Waals surface area contributed by atoms with Crippen molar-refractivity contribution in [3.05, 3.63) is 20.8 Å². The third-order valence-electron chi connectivity index (χ3n) is 2.63. The Hall–Kier alpha value is -0.430. The molecule has 0 atom stereocenters. The molecule has 0 aromatic carbocycles. The Kier molecular flexibility index (Phi) is 4.19. The highest BCUT2D eigenvalue weighted by Crippen LogP contribution is 2.19. The SMILES string of the molecule is CC1(OCC(=O)NCc2cc(Br)cs2)CNC1. The molecule has 1 aromatic heterocycles. The molecule has 1 aliphatic rings. The lowest BCUT2D eigenvalue weighted by molar-refractivity contribution is -0.135. The first-order valence-corrected chi connectivity index (χ1v) is 7.09. The van der Waals surface area contributed by atoms with Crippen molar-refractivity contribution in [3.63, 3.8) is 0 Å². The topological polar surface area (TPSA) is 50.4 Å². The van der Waals surface area contributed by atoms with Crippen LogP contribution in [-0.4, -0.2) is 31.2 Å². The molecule has 1 fully saturated rings. The standard InChI is InChI=1S/C11H15BrN2O2S/c1-11(6-13-7-11)16-4-10(15)14-3-9-2-8(12)5-17-9/h2,5,13H,3-4,6-7H2,1H3,(H,14,15). The number of thiophene rings is 1. The van der Waals surface area contributed by atoms with Gasteiger partial charge in [0.2, 0.25) is 5.91 Å². The summed E-state index contributed by atoms with van der Waals surface area (Å²) in [7, 11) is 0. The molecule has 17 heavy (non-hydrogen) atoms. The summed E-state index contributed by atoms with van der Waals surface area (Å²) < 4.78 is 6.59. The van der Waals surface area contributed by atoms with Crippen LogP contribution in [0.2, 0.25) is 0 Å². The second-order valence-electron chi connectivity index (χ2n) is 4.35. The molecule has 0 spiro atoms. The van der Waals surface area contributed by atoms with Crippen LogP contribution in [0.1, 0.15) is 11.8 Å². The van der Waals surface area contributed by atoms with Gasteiger partial charge in [-0.25, -0.2) is 0 Å². The van der Waals surface area contributed by atoms with E-state index < -0.39 is 0 Å². The van der Waals surface area contributed by atoms with Crippen molar-refractivity contribution in [2.75, 3.05) is 19.7 Å². The number of hydrogen-bond donors (Lipinski definition) is 2. The van der Waals surface area contributed by atoms with Crippen LogP contribution in [0.3, 0.4) is 0 Å². The Morgan fingerprint density at radius 3 is 3.00 bits per heavy atom. The van der Waals surface area contributed by atoms with Crippen LogP contribution in [0, 0.1) is 0 Å². The van der Waals surface area contributed by atoms with E-state index >= 15 is 0 Å². The third-order valence-corrected chi connectivity index (χ3v) is 4.33. The molecule has 0 saturated carbocycles. The van der Waals surface area contributed by atoms with Crippen LogP contribution in [0.5, 0.6) is 0 Å². The van der Waals surface area contributed by atoms with Gasteiger partial charge >= 0.3 is 0 Å².